The molecule has 1 unspecified atom stereocenters. The number of pyridine rings is 1. The molecule has 156 valence electrons. The van der Waals surface area contributed by atoms with Crippen molar-refractivity contribution in [3.8, 4) is 0 Å². The van der Waals surface area contributed by atoms with Crippen molar-refractivity contribution in [3.05, 3.63) is 41.6 Å². The second-order valence-electron chi connectivity index (χ2n) is 8.72. The summed E-state index contributed by atoms with van der Waals surface area (Å²) in [6, 6.07) is 3.58. The van der Waals surface area contributed by atoms with Crippen molar-refractivity contribution in [2.75, 3.05) is 16.8 Å². The standard InChI is InChI=1S/C21H28FN5O2/c1-12(2)16-11-29-20(28)27(16)18-15(22)10-24-19(26-18)25-13(3)14-7-8-17(23-9-14)21(4,5)6/h7-10,12-13,16H,11H2,1-6H3,(H,24,25,26)/t13-,16?/m0/s1. The van der Waals surface area contributed by atoms with Gasteiger partial charge in [-0.1, -0.05) is 40.7 Å². The summed E-state index contributed by atoms with van der Waals surface area (Å²) < 4.78 is 19.5. The average molecular weight is 401 g/mol. The topological polar surface area (TPSA) is 80.2 Å². The number of carbonyl (C=O) groups is 1. The van der Waals surface area contributed by atoms with E-state index in [0.29, 0.717) is 0 Å². The molecule has 0 radical (unpaired) electrons. The number of cyclic esters (lactones) is 1. The molecular formula is C21H28FN5O2. The lowest BCUT2D eigenvalue weighted by molar-refractivity contribution is 0.177. The van der Waals surface area contributed by atoms with E-state index in [1.807, 2.05) is 39.1 Å². The van der Waals surface area contributed by atoms with Crippen molar-refractivity contribution in [2.24, 2.45) is 5.92 Å². The van der Waals surface area contributed by atoms with Crippen LogP contribution < -0.4 is 10.2 Å². The third-order valence-electron chi connectivity index (χ3n) is 5.03. The summed E-state index contributed by atoms with van der Waals surface area (Å²) in [7, 11) is 0. The van der Waals surface area contributed by atoms with Gasteiger partial charge in [0.2, 0.25) is 5.95 Å². The van der Waals surface area contributed by atoms with Crippen LogP contribution in [0.25, 0.3) is 0 Å². The zero-order valence-corrected chi connectivity index (χ0v) is 17.7. The molecule has 3 heterocycles. The highest BCUT2D eigenvalue weighted by Crippen LogP contribution is 2.29. The number of hydrogen-bond acceptors (Lipinski definition) is 6. The number of rotatable bonds is 5. The molecule has 1 N–H and O–H groups in total. The number of nitrogens with one attached hydrogen (secondary N) is 1. The Hall–Kier alpha value is -2.77. The number of carbonyl (C=O) groups excluding carboxylic acids is 1. The summed E-state index contributed by atoms with van der Waals surface area (Å²) in [4.78, 5) is 26.3. The minimum Gasteiger partial charge on any atom is -0.447 e. The third kappa shape index (κ3) is 4.46. The zero-order chi connectivity index (χ0) is 21.3. The fraction of sp³-hybridized carbons (Fsp3) is 0.524. The van der Waals surface area contributed by atoms with Crippen LogP contribution in [0.1, 0.15) is 58.8 Å². The van der Waals surface area contributed by atoms with Crippen molar-refractivity contribution in [1.29, 1.82) is 0 Å². The van der Waals surface area contributed by atoms with Gasteiger partial charge < -0.3 is 10.1 Å². The molecule has 2 aromatic rings. The summed E-state index contributed by atoms with van der Waals surface area (Å²) in [6.45, 7) is 12.4. The molecule has 7 nitrogen and oxygen atoms in total. The number of amides is 1. The monoisotopic (exact) mass is 401 g/mol. The van der Waals surface area contributed by atoms with E-state index in [4.69, 9.17) is 4.74 Å². The van der Waals surface area contributed by atoms with Crippen LogP contribution in [0.2, 0.25) is 0 Å². The van der Waals surface area contributed by atoms with Gasteiger partial charge in [-0.05, 0) is 24.5 Å². The van der Waals surface area contributed by atoms with Crippen molar-refractivity contribution in [3.63, 3.8) is 0 Å². The number of nitrogens with zero attached hydrogens (tertiary/aromatic N) is 4. The first-order valence-electron chi connectivity index (χ1n) is 9.79. The molecule has 1 aliphatic heterocycles. The number of anilines is 2. The van der Waals surface area contributed by atoms with Gasteiger partial charge in [0.25, 0.3) is 0 Å². The number of ether oxygens (including phenoxy) is 1. The first kappa shape index (κ1) is 21.0. The molecule has 0 aromatic carbocycles. The van der Waals surface area contributed by atoms with Crippen LogP contribution in [0.5, 0.6) is 0 Å². The van der Waals surface area contributed by atoms with E-state index in [1.54, 1.807) is 0 Å². The quantitative estimate of drug-likeness (QED) is 0.797. The second kappa shape index (κ2) is 7.93. The SMILES string of the molecule is CC(C)C1COC(=O)N1c1nc(N[C@@H](C)c2ccc(C(C)(C)C)nc2)ncc1F. The lowest BCUT2D eigenvalue weighted by Crippen LogP contribution is -2.38. The van der Waals surface area contributed by atoms with Crippen LogP contribution in [0, 0.1) is 11.7 Å². The Kier molecular flexibility index (Phi) is 5.73. The van der Waals surface area contributed by atoms with Crippen LogP contribution in [-0.4, -0.2) is 33.7 Å². The Balaban J connectivity index is 1.82. The maximum absolute atomic E-state index is 14.4. The lowest BCUT2D eigenvalue weighted by Gasteiger charge is -2.24. The van der Waals surface area contributed by atoms with E-state index < -0.39 is 11.9 Å². The van der Waals surface area contributed by atoms with Crippen LogP contribution in [0.3, 0.4) is 0 Å². The van der Waals surface area contributed by atoms with Crippen molar-refractivity contribution in [2.45, 2.75) is 59.0 Å². The molecule has 0 saturated carbocycles. The van der Waals surface area contributed by atoms with Crippen molar-refractivity contribution in [1.82, 2.24) is 15.0 Å². The first-order chi connectivity index (χ1) is 13.6. The second-order valence-corrected chi connectivity index (χ2v) is 8.72. The smallest absolute Gasteiger partial charge is 0.416 e. The molecule has 1 fully saturated rings. The highest BCUT2D eigenvalue weighted by atomic mass is 19.1. The third-order valence-corrected chi connectivity index (χ3v) is 5.03. The summed E-state index contributed by atoms with van der Waals surface area (Å²) in [5.74, 6) is -0.407. The van der Waals surface area contributed by atoms with E-state index in [0.717, 1.165) is 17.5 Å². The minimum absolute atomic E-state index is 0.0263. The Morgan fingerprint density at radius 2 is 1.93 bits per heavy atom. The van der Waals surface area contributed by atoms with Crippen LogP contribution >= 0.6 is 0 Å². The predicted octanol–water partition coefficient (Wildman–Crippen LogP) is 4.46. The number of halogens is 1. The molecule has 2 aromatic heterocycles. The zero-order valence-electron chi connectivity index (χ0n) is 17.7. The van der Waals surface area contributed by atoms with Crippen LogP contribution in [-0.2, 0) is 10.2 Å². The van der Waals surface area contributed by atoms with Gasteiger partial charge in [0.05, 0.1) is 18.3 Å². The molecule has 0 bridgehead atoms. The fourth-order valence-electron chi connectivity index (χ4n) is 3.15. The molecule has 8 heteroatoms. The molecule has 29 heavy (non-hydrogen) atoms. The van der Waals surface area contributed by atoms with Gasteiger partial charge in [-0.25, -0.2) is 14.2 Å². The van der Waals surface area contributed by atoms with E-state index in [1.165, 1.54) is 4.90 Å². The van der Waals surface area contributed by atoms with Crippen LogP contribution in [0.15, 0.2) is 24.5 Å². The van der Waals surface area contributed by atoms with Gasteiger partial charge in [-0.2, -0.15) is 4.98 Å². The molecule has 1 saturated heterocycles. The minimum atomic E-state index is -0.663. The van der Waals surface area contributed by atoms with E-state index in [9.17, 15) is 9.18 Å². The molecule has 0 spiro atoms. The average Bonchev–Trinajstić information content (AvgIpc) is 3.04. The summed E-state index contributed by atoms with van der Waals surface area (Å²) in [5, 5.41) is 3.16. The highest BCUT2D eigenvalue weighted by molar-refractivity contribution is 5.89. The maximum Gasteiger partial charge on any atom is 0.416 e. The van der Waals surface area contributed by atoms with E-state index in [2.05, 4.69) is 41.0 Å². The van der Waals surface area contributed by atoms with Gasteiger partial charge in [-0.15, -0.1) is 0 Å². The van der Waals surface area contributed by atoms with E-state index in [-0.39, 0.29) is 41.8 Å². The van der Waals surface area contributed by atoms with Gasteiger partial charge in [0.15, 0.2) is 11.6 Å². The van der Waals surface area contributed by atoms with Gasteiger partial charge in [-0.3, -0.25) is 9.88 Å². The first-order valence-corrected chi connectivity index (χ1v) is 9.79. The molecule has 0 aliphatic carbocycles. The molecule has 1 aliphatic rings. The maximum atomic E-state index is 14.4. The molecule has 1 amide bonds. The number of hydrogen-bond donors (Lipinski definition) is 1. The summed E-state index contributed by atoms with van der Waals surface area (Å²) >= 11 is 0. The Morgan fingerprint density at radius 1 is 1.21 bits per heavy atom. The van der Waals surface area contributed by atoms with Crippen molar-refractivity contribution >= 4 is 17.9 Å². The Labute approximate surface area is 170 Å². The van der Waals surface area contributed by atoms with Crippen molar-refractivity contribution < 1.29 is 13.9 Å². The summed E-state index contributed by atoms with van der Waals surface area (Å²) in [6.07, 6.45) is 2.29. The normalized spacial score (nSPS) is 18.1. The molecular weight excluding hydrogens is 373 g/mol. The van der Waals surface area contributed by atoms with Gasteiger partial charge in [0, 0.05) is 17.3 Å². The largest absolute Gasteiger partial charge is 0.447 e. The fourth-order valence-corrected chi connectivity index (χ4v) is 3.15. The predicted molar refractivity (Wildman–Crippen MR) is 109 cm³/mol. The van der Waals surface area contributed by atoms with E-state index >= 15 is 0 Å². The lowest BCUT2D eigenvalue weighted by atomic mass is 9.91. The Bertz CT molecular complexity index is 880. The molecule has 3 rings (SSSR count). The van der Waals surface area contributed by atoms with Gasteiger partial charge >= 0.3 is 6.09 Å². The summed E-state index contributed by atoms with van der Waals surface area (Å²) in [5.41, 5.74) is 1.93. The Morgan fingerprint density at radius 3 is 2.52 bits per heavy atom. The van der Waals surface area contributed by atoms with Crippen LogP contribution in [0.4, 0.5) is 21.0 Å². The number of aromatic nitrogens is 3. The van der Waals surface area contributed by atoms with Gasteiger partial charge in [0.1, 0.15) is 6.61 Å². The highest BCUT2D eigenvalue weighted by Gasteiger charge is 2.38. The molecule has 2 atom stereocenters.